The van der Waals surface area contributed by atoms with E-state index in [0.29, 0.717) is 17.2 Å². The van der Waals surface area contributed by atoms with Gasteiger partial charge in [0, 0.05) is 12.3 Å². The highest BCUT2D eigenvalue weighted by Crippen LogP contribution is 2.29. The number of aryl methyl sites for hydroxylation is 2. The Kier molecular flexibility index (Phi) is 4.61. The van der Waals surface area contributed by atoms with Crippen LogP contribution < -0.4 is 14.8 Å². The van der Waals surface area contributed by atoms with Crippen LogP contribution in [0.25, 0.3) is 5.65 Å². The summed E-state index contributed by atoms with van der Waals surface area (Å²) in [6.07, 6.45) is 2.15. The molecule has 25 heavy (non-hydrogen) atoms. The molecule has 3 aromatic rings. The van der Waals surface area contributed by atoms with E-state index in [-0.39, 0.29) is 12.3 Å². The highest BCUT2D eigenvalue weighted by molar-refractivity contribution is 5.94. The van der Waals surface area contributed by atoms with Gasteiger partial charge in [-0.3, -0.25) is 4.79 Å². The van der Waals surface area contributed by atoms with E-state index in [1.54, 1.807) is 32.4 Å². The van der Waals surface area contributed by atoms with Crippen molar-refractivity contribution < 1.29 is 14.3 Å². The number of imidazole rings is 1. The number of ether oxygens (including phenoxy) is 2. The van der Waals surface area contributed by atoms with Gasteiger partial charge in [-0.1, -0.05) is 6.07 Å². The number of pyridine rings is 1. The molecule has 0 bridgehead atoms. The Hall–Kier alpha value is -3.02. The van der Waals surface area contributed by atoms with Gasteiger partial charge >= 0.3 is 0 Å². The smallest absolute Gasteiger partial charge is 0.230 e. The third-order valence-corrected chi connectivity index (χ3v) is 4.15. The fraction of sp³-hybridized carbons (Fsp3) is 0.263. The van der Waals surface area contributed by atoms with Crippen LogP contribution in [0.5, 0.6) is 11.5 Å². The Morgan fingerprint density at radius 3 is 2.72 bits per heavy atom. The number of carbonyl (C=O) groups excluding carboxylic acids is 1. The molecule has 0 aliphatic rings. The fourth-order valence-corrected chi connectivity index (χ4v) is 2.84. The van der Waals surface area contributed by atoms with Crippen LogP contribution in [0.2, 0.25) is 0 Å². The molecule has 1 amide bonds. The minimum atomic E-state index is -0.141. The third-order valence-electron chi connectivity index (χ3n) is 4.15. The number of fused-ring (bicyclic) bond motifs is 1. The van der Waals surface area contributed by atoms with E-state index in [0.717, 1.165) is 22.6 Å². The van der Waals surface area contributed by atoms with Crippen LogP contribution in [-0.2, 0) is 11.2 Å². The number of benzene rings is 1. The molecule has 2 aromatic heterocycles. The maximum atomic E-state index is 12.6. The summed E-state index contributed by atoms with van der Waals surface area (Å²) in [4.78, 5) is 17.2. The van der Waals surface area contributed by atoms with Crippen molar-refractivity contribution in [3.63, 3.8) is 0 Å². The maximum absolute atomic E-state index is 12.6. The molecular weight excluding hydrogens is 318 g/mol. The number of nitrogens with zero attached hydrogens (tertiary/aromatic N) is 2. The number of carbonyl (C=O) groups is 1. The summed E-state index contributed by atoms with van der Waals surface area (Å²) >= 11 is 0. The van der Waals surface area contributed by atoms with Gasteiger partial charge in [-0.2, -0.15) is 0 Å². The Bertz CT molecular complexity index is 931. The van der Waals surface area contributed by atoms with Crippen LogP contribution >= 0.6 is 0 Å². The number of hydrogen-bond donors (Lipinski definition) is 1. The molecule has 6 nitrogen and oxygen atoms in total. The minimum absolute atomic E-state index is 0.141. The molecule has 0 spiro atoms. The number of nitrogens with one attached hydrogen (secondary N) is 1. The molecule has 0 radical (unpaired) electrons. The third kappa shape index (κ3) is 3.28. The zero-order valence-corrected chi connectivity index (χ0v) is 14.8. The van der Waals surface area contributed by atoms with Crippen molar-refractivity contribution in [3.05, 3.63) is 53.5 Å². The fourth-order valence-electron chi connectivity index (χ4n) is 2.84. The lowest BCUT2D eigenvalue weighted by Crippen LogP contribution is -2.16. The molecule has 130 valence electrons. The van der Waals surface area contributed by atoms with Crippen LogP contribution in [-0.4, -0.2) is 29.5 Å². The minimum Gasteiger partial charge on any atom is -0.497 e. The Morgan fingerprint density at radius 2 is 2.00 bits per heavy atom. The normalized spacial score (nSPS) is 10.7. The lowest BCUT2D eigenvalue weighted by Gasteiger charge is -2.12. The summed E-state index contributed by atoms with van der Waals surface area (Å²) in [5.41, 5.74) is 4.25. The van der Waals surface area contributed by atoms with Crippen molar-refractivity contribution in [2.75, 3.05) is 19.5 Å². The summed E-state index contributed by atoms with van der Waals surface area (Å²) in [5, 5.41) is 2.90. The molecule has 0 atom stereocenters. The Balaban J connectivity index is 1.87. The van der Waals surface area contributed by atoms with Gasteiger partial charge in [0.1, 0.15) is 17.1 Å². The number of methoxy groups -OCH3 is 2. The zero-order valence-electron chi connectivity index (χ0n) is 14.8. The Morgan fingerprint density at radius 1 is 1.20 bits per heavy atom. The standard InChI is InChI=1S/C19H21N3O3/c1-12-6-5-9-22-16(13(2)20-19(12)22)11-18(23)21-15-10-14(24-3)7-8-17(15)25-4/h5-10H,11H2,1-4H3,(H,21,23). The van der Waals surface area contributed by atoms with Crippen molar-refractivity contribution >= 4 is 17.2 Å². The summed E-state index contributed by atoms with van der Waals surface area (Å²) < 4.78 is 12.5. The lowest BCUT2D eigenvalue weighted by atomic mass is 10.2. The van der Waals surface area contributed by atoms with Crippen LogP contribution in [0.1, 0.15) is 17.0 Å². The zero-order chi connectivity index (χ0) is 18.0. The van der Waals surface area contributed by atoms with Crippen molar-refractivity contribution in [2.24, 2.45) is 0 Å². The van der Waals surface area contributed by atoms with Gasteiger partial charge < -0.3 is 19.2 Å². The molecule has 0 unspecified atom stereocenters. The SMILES string of the molecule is COc1ccc(OC)c(NC(=O)Cc2c(C)nc3c(C)cccn23)c1. The number of hydrogen-bond acceptors (Lipinski definition) is 4. The van der Waals surface area contributed by atoms with Gasteiger partial charge in [-0.05, 0) is 37.6 Å². The van der Waals surface area contributed by atoms with E-state index in [1.807, 2.05) is 36.6 Å². The number of aromatic nitrogens is 2. The van der Waals surface area contributed by atoms with Gasteiger partial charge in [0.2, 0.25) is 5.91 Å². The number of amides is 1. The molecule has 0 aliphatic carbocycles. The lowest BCUT2D eigenvalue weighted by molar-refractivity contribution is -0.115. The van der Waals surface area contributed by atoms with Crippen LogP contribution in [0, 0.1) is 13.8 Å². The summed E-state index contributed by atoms with van der Waals surface area (Å²) in [6.45, 7) is 3.92. The highest BCUT2D eigenvalue weighted by atomic mass is 16.5. The Labute approximate surface area is 146 Å². The maximum Gasteiger partial charge on any atom is 0.230 e. The van der Waals surface area contributed by atoms with Crippen LogP contribution in [0.3, 0.4) is 0 Å². The van der Waals surface area contributed by atoms with Crippen LogP contribution in [0.15, 0.2) is 36.5 Å². The molecule has 2 heterocycles. The number of rotatable bonds is 5. The van der Waals surface area contributed by atoms with Crippen LogP contribution in [0.4, 0.5) is 5.69 Å². The molecule has 1 aromatic carbocycles. The first-order valence-corrected chi connectivity index (χ1v) is 7.98. The van der Waals surface area contributed by atoms with Crippen molar-refractivity contribution in [1.29, 1.82) is 0 Å². The molecule has 0 saturated heterocycles. The average molecular weight is 339 g/mol. The molecular formula is C19H21N3O3. The van der Waals surface area contributed by atoms with E-state index >= 15 is 0 Å². The first kappa shape index (κ1) is 16.8. The molecule has 0 saturated carbocycles. The molecule has 0 aliphatic heterocycles. The summed E-state index contributed by atoms with van der Waals surface area (Å²) in [7, 11) is 3.15. The predicted molar refractivity (Wildman–Crippen MR) is 96.5 cm³/mol. The summed E-state index contributed by atoms with van der Waals surface area (Å²) in [5.74, 6) is 1.09. The van der Waals surface area contributed by atoms with Gasteiger partial charge in [-0.25, -0.2) is 4.98 Å². The molecule has 0 fully saturated rings. The first-order chi connectivity index (χ1) is 12.0. The van der Waals surface area contributed by atoms with E-state index in [1.165, 1.54) is 0 Å². The molecule has 6 heteroatoms. The highest BCUT2D eigenvalue weighted by Gasteiger charge is 2.15. The van der Waals surface area contributed by atoms with Gasteiger partial charge in [-0.15, -0.1) is 0 Å². The van der Waals surface area contributed by atoms with Crippen molar-refractivity contribution in [3.8, 4) is 11.5 Å². The van der Waals surface area contributed by atoms with Crippen molar-refractivity contribution in [2.45, 2.75) is 20.3 Å². The van der Waals surface area contributed by atoms with E-state index in [4.69, 9.17) is 9.47 Å². The first-order valence-electron chi connectivity index (χ1n) is 7.98. The predicted octanol–water partition coefficient (Wildman–Crippen LogP) is 3.15. The van der Waals surface area contributed by atoms with Crippen molar-refractivity contribution in [1.82, 2.24) is 9.38 Å². The molecule has 3 rings (SSSR count). The van der Waals surface area contributed by atoms with Gasteiger partial charge in [0.25, 0.3) is 0 Å². The molecule has 1 N–H and O–H groups in total. The van der Waals surface area contributed by atoms with Gasteiger partial charge in [0.05, 0.1) is 37.7 Å². The largest absolute Gasteiger partial charge is 0.497 e. The van der Waals surface area contributed by atoms with E-state index < -0.39 is 0 Å². The quantitative estimate of drug-likeness (QED) is 0.775. The summed E-state index contributed by atoms with van der Waals surface area (Å²) in [6, 6.07) is 9.24. The topological polar surface area (TPSA) is 64.9 Å². The number of anilines is 1. The van der Waals surface area contributed by atoms with Gasteiger partial charge in [0.15, 0.2) is 0 Å². The van der Waals surface area contributed by atoms with E-state index in [9.17, 15) is 4.79 Å². The average Bonchev–Trinajstić information content (AvgIpc) is 2.92. The second kappa shape index (κ2) is 6.84. The second-order valence-corrected chi connectivity index (χ2v) is 5.82. The second-order valence-electron chi connectivity index (χ2n) is 5.82. The monoisotopic (exact) mass is 339 g/mol. The van der Waals surface area contributed by atoms with E-state index in [2.05, 4.69) is 10.3 Å².